The number of furan rings is 1. The molecule has 0 aliphatic rings. The summed E-state index contributed by atoms with van der Waals surface area (Å²) in [6, 6.07) is 18.0. The fourth-order valence-electron chi connectivity index (χ4n) is 2.48. The van der Waals surface area contributed by atoms with E-state index >= 15 is 0 Å². The van der Waals surface area contributed by atoms with Crippen molar-refractivity contribution in [2.45, 2.75) is 13.0 Å². The highest BCUT2D eigenvalue weighted by Crippen LogP contribution is 2.19. The van der Waals surface area contributed by atoms with Crippen molar-refractivity contribution in [3.8, 4) is 0 Å². The van der Waals surface area contributed by atoms with Crippen LogP contribution in [0.2, 0.25) is 0 Å². The summed E-state index contributed by atoms with van der Waals surface area (Å²) < 4.78 is 4.91. The standard InChI is InChI=1S/C20H18N2O3/c1-14(15-7-3-2-4-8-15)21-20(24)17-9-5-6-10-18(17)22-19(23)16-11-12-25-13-16/h2-14H,1H3,(H,21,24)(H,22,23). The van der Waals surface area contributed by atoms with E-state index in [1.165, 1.54) is 12.5 Å². The molecule has 0 saturated heterocycles. The highest BCUT2D eigenvalue weighted by molar-refractivity contribution is 6.08. The van der Waals surface area contributed by atoms with Gasteiger partial charge in [-0.05, 0) is 30.7 Å². The third-order valence-corrected chi connectivity index (χ3v) is 3.85. The second-order valence-corrected chi connectivity index (χ2v) is 5.62. The van der Waals surface area contributed by atoms with Crippen molar-refractivity contribution in [3.63, 3.8) is 0 Å². The molecule has 0 aliphatic carbocycles. The predicted octanol–water partition coefficient (Wildman–Crippen LogP) is 4.02. The van der Waals surface area contributed by atoms with Crippen LogP contribution in [0.3, 0.4) is 0 Å². The van der Waals surface area contributed by atoms with E-state index in [1.54, 1.807) is 30.3 Å². The molecule has 5 heteroatoms. The number of hydrogen-bond acceptors (Lipinski definition) is 3. The van der Waals surface area contributed by atoms with Crippen LogP contribution in [0.15, 0.2) is 77.6 Å². The Kier molecular flexibility index (Phi) is 4.95. The van der Waals surface area contributed by atoms with Crippen molar-refractivity contribution in [1.82, 2.24) is 5.32 Å². The minimum atomic E-state index is -0.329. The summed E-state index contributed by atoms with van der Waals surface area (Å²) >= 11 is 0. The Balaban J connectivity index is 1.76. The lowest BCUT2D eigenvalue weighted by atomic mass is 10.1. The lowest BCUT2D eigenvalue weighted by molar-refractivity contribution is 0.0941. The van der Waals surface area contributed by atoms with Crippen molar-refractivity contribution < 1.29 is 14.0 Å². The number of anilines is 1. The van der Waals surface area contributed by atoms with E-state index in [2.05, 4.69) is 10.6 Å². The van der Waals surface area contributed by atoms with Gasteiger partial charge in [-0.2, -0.15) is 0 Å². The van der Waals surface area contributed by atoms with Crippen LogP contribution in [0.1, 0.15) is 39.2 Å². The summed E-state index contributed by atoms with van der Waals surface area (Å²) in [5.74, 6) is -0.579. The van der Waals surface area contributed by atoms with E-state index in [9.17, 15) is 9.59 Å². The largest absolute Gasteiger partial charge is 0.472 e. The topological polar surface area (TPSA) is 71.3 Å². The van der Waals surface area contributed by atoms with E-state index in [-0.39, 0.29) is 17.9 Å². The first kappa shape index (κ1) is 16.5. The normalized spacial score (nSPS) is 11.6. The summed E-state index contributed by atoms with van der Waals surface area (Å²) in [4.78, 5) is 24.8. The number of carbonyl (C=O) groups excluding carboxylic acids is 2. The van der Waals surface area contributed by atoms with Crippen molar-refractivity contribution in [2.24, 2.45) is 0 Å². The molecule has 0 fully saturated rings. The number of hydrogen-bond donors (Lipinski definition) is 2. The molecular weight excluding hydrogens is 316 g/mol. The van der Waals surface area contributed by atoms with E-state index in [0.29, 0.717) is 16.8 Å². The van der Waals surface area contributed by atoms with E-state index < -0.39 is 0 Å². The maximum Gasteiger partial charge on any atom is 0.258 e. The van der Waals surface area contributed by atoms with E-state index in [1.807, 2.05) is 37.3 Å². The Morgan fingerprint density at radius 3 is 2.36 bits per heavy atom. The molecule has 3 rings (SSSR count). The molecular formula is C20H18N2O3. The van der Waals surface area contributed by atoms with Crippen LogP contribution in [0.25, 0.3) is 0 Å². The molecule has 1 aromatic heterocycles. The van der Waals surface area contributed by atoms with Crippen molar-refractivity contribution in [2.75, 3.05) is 5.32 Å². The second kappa shape index (κ2) is 7.49. The number of carbonyl (C=O) groups is 2. The SMILES string of the molecule is CC(NC(=O)c1ccccc1NC(=O)c1ccoc1)c1ccccc1. The monoisotopic (exact) mass is 334 g/mol. The zero-order valence-electron chi connectivity index (χ0n) is 13.7. The van der Waals surface area contributed by atoms with Gasteiger partial charge in [-0.15, -0.1) is 0 Å². The number of benzene rings is 2. The van der Waals surface area contributed by atoms with Gasteiger partial charge in [0.1, 0.15) is 6.26 Å². The third kappa shape index (κ3) is 3.95. The Bertz CT molecular complexity index is 858. The molecule has 0 spiro atoms. The number of para-hydroxylation sites is 1. The second-order valence-electron chi connectivity index (χ2n) is 5.62. The van der Waals surface area contributed by atoms with Gasteiger partial charge in [-0.1, -0.05) is 42.5 Å². The zero-order chi connectivity index (χ0) is 17.6. The molecule has 2 amide bonds. The molecule has 126 valence electrons. The van der Waals surface area contributed by atoms with Crippen molar-refractivity contribution in [1.29, 1.82) is 0 Å². The number of rotatable bonds is 5. The van der Waals surface area contributed by atoms with E-state index in [0.717, 1.165) is 5.56 Å². The molecule has 1 atom stereocenters. The van der Waals surface area contributed by atoms with Gasteiger partial charge >= 0.3 is 0 Å². The van der Waals surface area contributed by atoms with Gasteiger partial charge in [0.15, 0.2) is 0 Å². The van der Waals surface area contributed by atoms with Gasteiger partial charge < -0.3 is 15.1 Å². The Morgan fingerprint density at radius 1 is 0.920 bits per heavy atom. The Labute approximate surface area is 145 Å². The van der Waals surface area contributed by atoms with Crippen LogP contribution in [-0.2, 0) is 0 Å². The fraction of sp³-hybridized carbons (Fsp3) is 0.100. The van der Waals surface area contributed by atoms with Gasteiger partial charge in [0, 0.05) is 0 Å². The maximum atomic E-state index is 12.6. The molecule has 0 radical (unpaired) electrons. The van der Waals surface area contributed by atoms with Gasteiger partial charge in [-0.3, -0.25) is 9.59 Å². The minimum absolute atomic E-state index is 0.147. The van der Waals surface area contributed by atoms with Crippen molar-refractivity contribution >= 4 is 17.5 Å². The molecule has 0 aliphatic heterocycles. The summed E-state index contributed by atoms with van der Waals surface area (Å²) in [6.07, 6.45) is 2.78. The predicted molar refractivity (Wildman–Crippen MR) is 95.4 cm³/mol. The summed E-state index contributed by atoms with van der Waals surface area (Å²) in [6.45, 7) is 1.92. The molecule has 2 aromatic carbocycles. The molecule has 0 bridgehead atoms. The number of amides is 2. The maximum absolute atomic E-state index is 12.6. The Morgan fingerprint density at radius 2 is 1.64 bits per heavy atom. The first-order chi connectivity index (χ1) is 12.1. The van der Waals surface area contributed by atoms with Crippen LogP contribution in [0.5, 0.6) is 0 Å². The van der Waals surface area contributed by atoms with Gasteiger partial charge in [0.2, 0.25) is 0 Å². The highest BCUT2D eigenvalue weighted by atomic mass is 16.3. The van der Waals surface area contributed by atoms with Crippen LogP contribution in [0, 0.1) is 0 Å². The first-order valence-corrected chi connectivity index (χ1v) is 7.93. The molecule has 25 heavy (non-hydrogen) atoms. The summed E-state index contributed by atoms with van der Waals surface area (Å²) in [7, 11) is 0. The molecule has 5 nitrogen and oxygen atoms in total. The fourth-order valence-corrected chi connectivity index (χ4v) is 2.48. The van der Waals surface area contributed by atoms with Gasteiger partial charge in [0.25, 0.3) is 11.8 Å². The van der Waals surface area contributed by atoms with Crippen LogP contribution in [0.4, 0.5) is 5.69 Å². The number of nitrogens with one attached hydrogen (secondary N) is 2. The molecule has 1 unspecified atom stereocenters. The first-order valence-electron chi connectivity index (χ1n) is 7.93. The lowest BCUT2D eigenvalue weighted by Crippen LogP contribution is -2.28. The summed E-state index contributed by atoms with van der Waals surface area (Å²) in [5, 5.41) is 5.70. The zero-order valence-corrected chi connectivity index (χ0v) is 13.7. The molecule has 0 saturated carbocycles. The lowest BCUT2D eigenvalue weighted by Gasteiger charge is -2.16. The molecule has 3 aromatic rings. The average Bonchev–Trinajstić information content (AvgIpc) is 3.17. The quantitative estimate of drug-likeness (QED) is 0.740. The van der Waals surface area contributed by atoms with Crippen LogP contribution in [-0.4, -0.2) is 11.8 Å². The van der Waals surface area contributed by atoms with Gasteiger partial charge in [-0.25, -0.2) is 0 Å². The minimum Gasteiger partial charge on any atom is -0.472 e. The van der Waals surface area contributed by atoms with E-state index in [4.69, 9.17) is 4.42 Å². The molecule has 1 heterocycles. The summed E-state index contributed by atoms with van der Waals surface area (Å²) in [5.41, 5.74) is 2.26. The van der Waals surface area contributed by atoms with Gasteiger partial charge in [0.05, 0.1) is 29.1 Å². The molecule has 2 N–H and O–H groups in total. The van der Waals surface area contributed by atoms with Crippen LogP contribution < -0.4 is 10.6 Å². The van der Waals surface area contributed by atoms with Crippen molar-refractivity contribution in [3.05, 3.63) is 89.9 Å². The Hall–Kier alpha value is -3.34. The smallest absolute Gasteiger partial charge is 0.258 e. The third-order valence-electron chi connectivity index (χ3n) is 3.85. The highest BCUT2D eigenvalue weighted by Gasteiger charge is 2.16. The van der Waals surface area contributed by atoms with Crippen LogP contribution >= 0.6 is 0 Å². The average molecular weight is 334 g/mol.